The third-order valence-electron chi connectivity index (χ3n) is 10.9. The van der Waals surface area contributed by atoms with Crippen molar-refractivity contribution in [3.63, 3.8) is 0 Å². The minimum absolute atomic E-state index is 0.863. The first kappa shape index (κ1) is 31.6. The Bertz CT molecular complexity index is 3210. The highest BCUT2D eigenvalue weighted by molar-refractivity contribution is 7.26. The molecule has 11 aromatic rings. The van der Waals surface area contributed by atoms with Crippen LogP contribution in [-0.4, -0.2) is 0 Å². The Kier molecular flexibility index (Phi) is 7.39. The van der Waals surface area contributed by atoms with Crippen LogP contribution in [0.5, 0.6) is 0 Å². The minimum Gasteiger partial charge on any atom is -0.455 e. The molecule has 0 radical (unpaired) electrons. The molecule has 0 N–H and O–H groups in total. The van der Waals surface area contributed by atoms with Crippen LogP contribution < -0.4 is 4.90 Å². The maximum atomic E-state index is 6.76. The van der Waals surface area contributed by atoms with Crippen LogP contribution in [0.4, 0.5) is 17.1 Å². The molecule has 55 heavy (non-hydrogen) atoms. The van der Waals surface area contributed by atoms with Crippen molar-refractivity contribution in [1.29, 1.82) is 0 Å². The quantitative estimate of drug-likeness (QED) is 0.170. The van der Waals surface area contributed by atoms with Crippen LogP contribution in [0.2, 0.25) is 0 Å². The molecule has 0 amide bonds. The van der Waals surface area contributed by atoms with E-state index in [2.05, 4.69) is 205 Å². The van der Waals surface area contributed by atoms with Crippen LogP contribution in [0.15, 0.2) is 205 Å². The lowest BCUT2D eigenvalue weighted by Gasteiger charge is -2.29. The summed E-state index contributed by atoms with van der Waals surface area (Å²) in [6.45, 7) is 0. The molecule has 9 aromatic carbocycles. The molecule has 2 nitrogen and oxygen atoms in total. The average molecular weight is 720 g/mol. The van der Waals surface area contributed by atoms with Gasteiger partial charge in [0.2, 0.25) is 0 Å². The first-order chi connectivity index (χ1) is 27.3. The van der Waals surface area contributed by atoms with Crippen molar-refractivity contribution in [2.24, 2.45) is 0 Å². The van der Waals surface area contributed by atoms with Crippen molar-refractivity contribution < 1.29 is 4.42 Å². The molecule has 0 saturated carbocycles. The van der Waals surface area contributed by atoms with Gasteiger partial charge < -0.3 is 9.32 Å². The number of anilines is 3. The summed E-state index contributed by atoms with van der Waals surface area (Å²) in [5, 5.41) is 7.07. The zero-order chi connectivity index (χ0) is 36.3. The summed E-state index contributed by atoms with van der Waals surface area (Å²) >= 11 is 1.87. The van der Waals surface area contributed by atoms with E-state index >= 15 is 0 Å². The molecule has 0 aliphatic rings. The number of rotatable bonds is 6. The lowest BCUT2D eigenvalue weighted by Crippen LogP contribution is -2.12. The molecular weight excluding hydrogens is 687 g/mol. The SMILES string of the molecule is c1ccc(-c2ccc(N(c3cccc(-c4cccc5c4sc4ccccc45)c3)c3cccc4oc5c6ccccc6ccc5c34)c(-c3ccccc3)c2)cc1. The molecule has 0 saturated heterocycles. The Morgan fingerprint density at radius 2 is 1.11 bits per heavy atom. The van der Waals surface area contributed by atoms with E-state index < -0.39 is 0 Å². The highest BCUT2D eigenvalue weighted by atomic mass is 32.1. The predicted molar refractivity (Wildman–Crippen MR) is 235 cm³/mol. The molecule has 258 valence electrons. The molecule has 0 fully saturated rings. The van der Waals surface area contributed by atoms with Gasteiger partial charge in [-0.3, -0.25) is 0 Å². The van der Waals surface area contributed by atoms with Gasteiger partial charge in [-0.05, 0) is 81.7 Å². The van der Waals surface area contributed by atoms with Gasteiger partial charge in [0, 0.05) is 42.2 Å². The van der Waals surface area contributed by atoms with Crippen molar-refractivity contribution in [3.05, 3.63) is 200 Å². The molecule has 0 aliphatic heterocycles. The number of hydrogen-bond acceptors (Lipinski definition) is 3. The molecule has 11 rings (SSSR count). The second kappa shape index (κ2) is 12.9. The molecule has 0 aliphatic carbocycles. The standard InChI is InChI=1S/C52H33NOS/c1-3-14-34(15-4-1)37-29-31-46(45(33-37)35-16-5-2-6-17-35)53(47-25-13-26-48-50(47)44-30-28-36-18-7-8-21-40(36)51(44)54-48)39-20-11-19-38(32-39)41-23-12-24-43-42-22-9-10-27-49(42)55-52(41)43/h1-33H. The highest BCUT2D eigenvalue weighted by Gasteiger charge is 2.24. The van der Waals surface area contributed by atoms with Crippen LogP contribution in [0.25, 0.3) is 86.3 Å². The zero-order valence-corrected chi connectivity index (χ0v) is 30.6. The Labute approximate surface area is 322 Å². The van der Waals surface area contributed by atoms with Crippen LogP contribution in [0, 0.1) is 0 Å². The van der Waals surface area contributed by atoms with E-state index in [1.165, 1.54) is 47.8 Å². The molecule has 2 aromatic heterocycles. The topological polar surface area (TPSA) is 16.4 Å². The van der Waals surface area contributed by atoms with E-state index in [0.717, 1.165) is 55.5 Å². The van der Waals surface area contributed by atoms with Crippen LogP contribution in [0.3, 0.4) is 0 Å². The molecular formula is C52H33NOS. The average Bonchev–Trinajstić information content (AvgIpc) is 3.84. The summed E-state index contributed by atoms with van der Waals surface area (Å²) in [6.07, 6.45) is 0. The van der Waals surface area contributed by atoms with Gasteiger partial charge in [0.1, 0.15) is 11.2 Å². The summed E-state index contributed by atoms with van der Waals surface area (Å²) in [6, 6.07) is 72.2. The molecule has 2 heterocycles. The Hall–Kier alpha value is -6.94. The smallest absolute Gasteiger partial charge is 0.143 e. The summed E-state index contributed by atoms with van der Waals surface area (Å²) in [7, 11) is 0. The van der Waals surface area contributed by atoms with Crippen LogP contribution in [-0.2, 0) is 0 Å². The number of nitrogens with zero attached hydrogens (tertiary/aromatic N) is 1. The van der Waals surface area contributed by atoms with Crippen molar-refractivity contribution in [2.45, 2.75) is 0 Å². The van der Waals surface area contributed by atoms with Crippen LogP contribution >= 0.6 is 11.3 Å². The molecule has 0 spiro atoms. The van der Waals surface area contributed by atoms with Crippen molar-refractivity contribution in [1.82, 2.24) is 0 Å². The van der Waals surface area contributed by atoms with E-state index in [1.54, 1.807) is 0 Å². The van der Waals surface area contributed by atoms with Gasteiger partial charge in [-0.2, -0.15) is 0 Å². The lowest BCUT2D eigenvalue weighted by atomic mass is 9.95. The zero-order valence-electron chi connectivity index (χ0n) is 29.8. The summed E-state index contributed by atoms with van der Waals surface area (Å²) in [5.41, 5.74) is 12.1. The van der Waals surface area contributed by atoms with Gasteiger partial charge in [0.05, 0.1) is 16.8 Å². The largest absolute Gasteiger partial charge is 0.455 e. The minimum atomic E-state index is 0.863. The van der Waals surface area contributed by atoms with Gasteiger partial charge >= 0.3 is 0 Å². The molecule has 0 bridgehead atoms. The Balaban J connectivity index is 1.20. The number of thiophene rings is 1. The van der Waals surface area contributed by atoms with Gasteiger partial charge in [0.15, 0.2) is 0 Å². The van der Waals surface area contributed by atoms with Gasteiger partial charge in [-0.1, -0.05) is 152 Å². The summed E-state index contributed by atoms with van der Waals surface area (Å²) < 4.78 is 9.38. The number of benzene rings is 9. The fraction of sp³-hybridized carbons (Fsp3) is 0. The maximum Gasteiger partial charge on any atom is 0.143 e. The number of hydrogen-bond donors (Lipinski definition) is 0. The summed E-state index contributed by atoms with van der Waals surface area (Å²) in [4.78, 5) is 2.44. The monoisotopic (exact) mass is 719 g/mol. The van der Waals surface area contributed by atoms with E-state index in [-0.39, 0.29) is 0 Å². The molecule has 0 unspecified atom stereocenters. The second-order valence-electron chi connectivity index (χ2n) is 14.0. The van der Waals surface area contributed by atoms with Gasteiger partial charge in [-0.15, -0.1) is 11.3 Å². The number of furan rings is 1. The fourth-order valence-corrected chi connectivity index (χ4v) is 9.54. The maximum absolute atomic E-state index is 6.76. The molecule has 3 heteroatoms. The summed E-state index contributed by atoms with van der Waals surface area (Å²) in [5.74, 6) is 0. The Morgan fingerprint density at radius 1 is 0.400 bits per heavy atom. The van der Waals surface area contributed by atoms with Gasteiger partial charge in [-0.25, -0.2) is 0 Å². The van der Waals surface area contributed by atoms with E-state index in [9.17, 15) is 0 Å². The van der Waals surface area contributed by atoms with Crippen molar-refractivity contribution >= 4 is 81.3 Å². The number of fused-ring (bicyclic) bond motifs is 8. The van der Waals surface area contributed by atoms with Crippen molar-refractivity contribution in [2.75, 3.05) is 4.90 Å². The van der Waals surface area contributed by atoms with E-state index in [0.29, 0.717) is 0 Å². The normalized spacial score (nSPS) is 11.6. The predicted octanol–water partition coefficient (Wildman–Crippen LogP) is 15.6. The van der Waals surface area contributed by atoms with Gasteiger partial charge in [0.25, 0.3) is 0 Å². The molecule has 0 atom stereocenters. The Morgan fingerprint density at radius 3 is 1.98 bits per heavy atom. The second-order valence-corrected chi connectivity index (χ2v) is 15.1. The first-order valence-electron chi connectivity index (χ1n) is 18.7. The third kappa shape index (κ3) is 5.24. The lowest BCUT2D eigenvalue weighted by molar-refractivity contribution is 0.672. The van der Waals surface area contributed by atoms with Crippen LogP contribution in [0.1, 0.15) is 0 Å². The van der Waals surface area contributed by atoms with E-state index in [1.807, 2.05) is 11.3 Å². The third-order valence-corrected chi connectivity index (χ3v) is 12.1. The highest BCUT2D eigenvalue weighted by Crippen LogP contribution is 2.49. The van der Waals surface area contributed by atoms with Crippen molar-refractivity contribution in [3.8, 4) is 33.4 Å². The fourth-order valence-electron chi connectivity index (χ4n) is 8.31. The first-order valence-corrected chi connectivity index (χ1v) is 19.5. The van der Waals surface area contributed by atoms with E-state index in [4.69, 9.17) is 4.42 Å².